The van der Waals surface area contributed by atoms with Gasteiger partial charge >= 0.3 is 15.9 Å². The first-order valence-electron chi connectivity index (χ1n) is 7.00. The van der Waals surface area contributed by atoms with E-state index >= 15 is 0 Å². The van der Waals surface area contributed by atoms with Crippen molar-refractivity contribution in [2.75, 3.05) is 5.73 Å². The molecule has 1 rings (SSSR count). The van der Waals surface area contributed by atoms with Crippen molar-refractivity contribution in [2.24, 2.45) is 0 Å². The molecule has 132 valence electrons. The summed E-state index contributed by atoms with van der Waals surface area (Å²) in [6.07, 6.45) is 0. The fourth-order valence-electron chi connectivity index (χ4n) is 1.40. The number of nitrogen functional groups attached to an aromatic ring is 1. The minimum absolute atomic E-state index is 0.0448. The van der Waals surface area contributed by atoms with Gasteiger partial charge in [-0.25, -0.2) is 0 Å². The van der Waals surface area contributed by atoms with E-state index in [0.29, 0.717) is 5.56 Å². The lowest BCUT2D eigenvalue weighted by atomic mass is 10.2. The summed E-state index contributed by atoms with van der Waals surface area (Å²) in [6.45, 7) is 10.3. The zero-order valence-corrected chi connectivity index (χ0v) is 15.7. The molecule has 23 heavy (non-hydrogen) atoms. The number of anilines is 1. The molecule has 9 heteroatoms. The fraction of sp³-hybridized carbons (Fsp3) is 0.571. The van der Waals surface area contributed by atoms with Crippen LogP contribution in [0.25, 0.3) is 0 Å². The fourth-order valence-corrected chi connectivity index (χ4v) is 2.83. The Kier molecular flexibility index (Phi) is 5.82. The molecule has 0 saturated heterocycles. The van der Waals surface area contributed by atoms with E-state index in [1.165, 1.54) is 18.2 Å². The molecular formula is C14H23F2NO4SSi. The molecule has 0 unspecified atom stereocenters. The Morgan fingerprint density at radius 2 is 1.83 bits per heavy atom. The summed E-state index contributed by atoms with van der Waals surface area (Å²) in [5, 5.41) is -0.0448. The quantitative estimate of drug-likeness (QED) is 0.471. The number of nitrogens with two attached hydrogens (primary N) is 1. The molecule has 0 bridgehead atoms. The third kappa shape index (κ3) is 5.15. The Labute approximate surface area is 137 Å². The summed E-state index contributed by atoms with van der Waals surface area (Å²) in [4.78, 5) is 0. The van der Waals surface area contributed by atoms with Gasteiger partial charge in [0.2, 0.25) is 0 Å². The summed E-state index contributed by atoms with van der Waals surface area (Å²) >= 11 is 0. The third-order valence-corrected chi connectivity index (χ3v) is 9.24. The molecule has 0 aromatic heterocycles. The van der Waals surface area contributed by atoms with Crippen molar-refractivity contribution in [2.45, 2.75) is 51.3 Å². The average molecular weight is 367 g/mol. The van der Waals surface area contributed by atoms with E-state index in [1.807, 2.05) is 13.1 Å². The molecule has 0 spiro atoms. The number of rotatable bonds is 6. The molecule has 0 fully saturated rings. The monoisotopic (exact) mass is 367 g/mol. The smallest absolute Gasteiger partial charge is 0.372 e. The molecule has 0 atom stereocenters. The van der Waals surface area contributed by atoms with Gasteiger partial charge in [0.25, 0.3) is 0 Å². The van der Waals surface area contributed by atoms with Crippen molar-refractivity contribution >= 4 is 24.1 Å². The molecular weight excluding hydrogens is 344 g/mol. The molecule has 0 amide bonds. The maximum Gasteiger partial charge on any atom is 0.372 e. The lowest BCUT2D eigenvalue weighted by molar-refractivity contribution is 0.218. The number of benzene rings is 1. The van der Waals surface area contributed by atoms with Crippen LogP contribution in [0.4, 0.5) is 14.5 Å². The van der Waals surface area contributed by atoms with Gasteiger partial charge in [0, 0.05) is 17.3 Å². The van der Waals surface area contributed by atoms with E-state index in [0.717, 1.165) is 0 Å². The summed E-state index contributed by atoms with van der Waals surface area (Å²) in [6, 6.07) is 4.25. The topological polar surface area (TPSA) is 78.6 Å². The molecule has 1 aromatic rings. The minimum atomic E-state index is -5.01. The first-order valence-corrected chi connectivity index (χ1v) is 11.4. The van der Waals surface area contributed by atoms with Crippen molar-refractivity contribution in [1.29, 1.82) is 0 Å². The van der Waals surface area contributed by atoms with Gasteiger partial charge < -0.3 is 14.3 Å². The van der Waals surface area contributed by atoms with Crippen LogP contribution in [0.1, 0.15) is 26.3 Å². The lowest BCUT2D eigenvalue weighted by Crippen LogP contribution is -2.40. The van der Waals surface area contributed by atoms with Gasteiger partial charge in [0.15, 0.2) is 8.32 Å². The highest BCUT2D eigenvalue weighted by molar-refractivity contribution is 7.87. The molecule has 0 saturated carbocycles. The van der Waals surface area contributed by atoms with Crippen LogP contribution in [0.3, 0.4) is 0 Å². The van der Waals surface area contributed by atoms with Crippen molar-refractivity contribution < 1.29 is 25.8 Å². The number of alkyl halides is 2. The zero-order valence-electron chi connectivity index (χ0n) is 13.9. The van der Waals surface area contributed by atoms with Crippen molar-refractivity contribution in [1.82, 2.24) is 0 Å². The highest BCUT2D eigenvalue weighted by Gasteiger charge is 2.37. The van der Waals surface area contributed by atoms with Crippen LogP contribution in [0.5, 0.6) is 5.75 Å². The van der Waals surface area contributed by atoms with Gasteiger partial charge in [-0.15, -0.1) is 0 Å². The second-order valence-electron chi connectivity index (χ2n) is 6.75. The lowest BCUT2D eigenvalue weighted by Gasteiger charge is -2.36. The van der Waals surface area contributed by atoms with Crippen LogP contribution >= 0.6 is 0 Å². The third-order valence-electron chi connectivity index (χ3n) is 3.91. The number of hydrogen-bond acceptors (Lipinski definition) is 5. The normalized spacial score (nSPS) is 13.4. The van der Waals surface area contributed by atoms with E-state index in [1.54, 1.807) is 0 Å². The Morgan fingerprint density at radius 3 is 2.30 bits per heavy atom. The van der Waals surface area contributed by atoms with Crippen LogP contribution < -0.4 is 9.92 Å². The van der Waals surface area contributed by atoms with E-state index in [-0.39, 0.29) is 23.1 Å². The molecule has 1 aromatic carbocycles. The second-order valence-corrected chi connectivity index (χ2v) is 13.1. The highest BCUT2D eigenvalue weighted by atomic mass is 32.2. The average Bonchev–Trinajstić information content (AvgIpc) is 2.35. The van der Waals surface area contributed by atoms with Crippen LogP contribution in [0.15, 0.2) is 18.2 Å². The van der Waals surface area contributed by atoms with Gasteiger partial charge in [-0.1, -0.05) is 26.8 Å². The largest absolute Gasteiger partial charge is 0.412 e. The molecule has 0 aliphatic carbocycles. The summed E-state index contributed by atoms with van der Waals surface area (Å²) in [5.74, 6) is -3.86. The second kappa shape index (κ2) is 6.74. The van der Waals surface area contributed by atoms with E-state index in [4.69, 9.17) is 10.2 Å². The van der Waals surface area contributed by atoms with Gasteiger partial charge in [-0.3, -0.25) is 0 Å². The SMILES string of the molecule is CC(C)(C)[Si](C)(C)OCc1ccc(N)cc1OS(=O)(=O)C(F)F. The van der Waals surface area contributed by atoms with Gasteiger partial charge in [-0.05, 0) is 24.2 Å². The van der Waals surface area contributed by atoms with Crippen molar-refractivity contribution in [3.05, 3.63) is 23.8 Å². The minimum Gasteiger partial charge on any atom is -0.412 e. The van der Waals surface area contributed by atoms with Crippen LogP contribution in [0.2, 0.25) is 18.1 Å². The molecule has 0 aliphatic rings. The summed E-state index contributed by atoms with van der Waals surface area (Å²) in [5.41, 5.74) is 6.14. The first kappa shape index (κ1) is 19.9. The van der Waals surface area contributed by atoms with E-state index in [2.05, 4.69) is 25.0 Å². The number of halogens is 2. The first-order chi connectivity index (χ1) is 10.3. The van der Waals surface area contributed by atoms with Crippen LogP contribution in [-0.4, -0.2) is 22.5 Å². The predicted octanol–water partition coefficient (Wildman–Crippen LogP) is 3.72. The Morgan fingerprint density at radius 1 is 1.26 bits per heavy atom. The maximum atomic E-state index is 12.5. The molecule has 0 radical (unpaired) electrons. The molecule has 5 nitrogen and oxygen atoms in total. The maximum absolute atomic E-state index is 12.5. The number of hydrogen-bond donors (Lipinski definition) is 1. The summed E-state index contributed by atoms with van der Waals surface area (Å²) < 4.78 is 58.0. The molecule has 2 N–H and O–H groups in total. The van der Waals surface area contributed by atoms with Gasteiger partial charge in [-0.2, -0.15) is 17.2 Å². The Bertz CT molecular complexity index is 657. The zero-order chi connectivity index (χ0) is 18.1. The van der Waals surface area contributed by atoms with E-state index in [9.17, 15) is 17.2 Å². The van der Waals surface area contributed by atoms with Gasteiger partial charge in [0.1, 0.15) is 5.75 Å². The molecule has 0 aliphatic heterocycles. The van der Waals surface area contributed by atoms with Gasteiger partial charge in [0.05, 0.1) is 6.61 Å². The molecule has 0 heterocycles. The standard InChI is InChI=1S/C14H23F2NO4SSi/c1-14(2,3)23(4,5)20-9-10-6-7-11(17)8-12(10)21-22(18,19)13(15)16/h6-8,13H,9,17H2,1-5H3. The summed E-state index contributed by atoms with van der Waals surface area (Å²) in [7, 11) is -7.09. The van der Waals surface area contributed by atoms with Crippen molar-refractivity contribution in [3.8, 4) is 5.75 Å². The Hall–Kier alpha value is -1.19. The van der Waals surface area contributed by atoms with E-state index < -0.39 is 24.2 Å². The van der Waals surface area contributed by atoms with Crippen LogP contribution in [0, 0.1) is 0 Å². The highest BCUT2D eigenvalue weighted by Crippen LogP contribution is 2.38. The van der Waals surface area contributed by atoms with Crippen LogP contribution in [-0.2, 0) is 21.2 Å². The van der Waals surface area contributed by atoms with Crippen molar-refractivity contribution in [3.63, 3.8) is 0 Å². The Balaban J connectivity index is 3.05. The predicted molar refractivity (Wildman–Crippen MR) is 88.4 cm³/mol.